The number of carbonyl (C=O) groups is 1. The van der Waals surface area contributed by atoms with Crippen molar-refractivity contribution in [2.75, 3.05) is 40.0 Å². The highest BCUT2D eigenvalue weighted by atomic mass is 35.5. The molecule has 0 atom stereocenters. The molecule has 0 unspecified atom stereocenters. The molecule has 0 aromatic carbocycles. The fourth-order valence-electron chi connectivity index (χ4n) is 3.51. The van der Waals surface area contributed by atoms with Crippen molar-refractivity contribution in [3.63, 3.8) is 0 Å². The number of piperidine rings is 1. The minimum absolute atomic E-state index is 0. The Morgan fingerprint density at radius 2 is 2.07 bits per heavy atom. The molecular formula is C19H29ClN6O3. The average Bonchev–Trinajstić information content (AvgIpc) is 3.09. The Hall–Kier alpha value is -2.23. The van der Waals surface area contributed by atoms with Gasteiger partial charge in [-0.15, -0.1) is 22.6 Å². The van der Waals surface area contributed by atoms with Crippen LogP contribution in [0.1, 0.15) is 35.8 Å². The van der Waals surface area contributed by atoms with Crippen molar-refractivity contribution in [2.24, 2.45) is 5.41 Å². The lowest BCUT2D eigenvalue weighted by Gasteiger charge is -2.37. The third-order valence-corrected chi connectivity index (χ3v) is 5.13. The first kappa shape index (κ1) is 23.1. The van der Waals surface area contributed by atoms with Crippen LogP contribution < -0.4 is 15.4 Å². The summed E-state index contributed by atoms with van der Waals surface area (Å²) < 4.78 is 12.3. The van der Waals surface area contributed by atoms with Gasteiger partial charge in [-0.2, -0.15) is 5.10 Å². The predicted molar refractivity (Wildman–Crippen MR) is 111 cm³/mol. The number of halogens is 1. The number of nitrogens with zero attached hydrogens (tertiary/aromatic N) is 4. The van der Waals surface area contributed by atoms with E-state index in [1.165, 1.54) is 0 Å². The fourth-order valence-corrected chi connectivity index (χ4v) is 3.51. The predicted octanol–water partition coefficient (Wildman–Crippen LogP) is 1.54. The van der Waals surface area contributed by atoms with E-state index >= 15 is 0 Å². The second-order valence-electron chi connectivity index (χ2n) is 7.08. The van der Waals surface area contributed by atoms with Crippen molar-refractivity contribution >= 4 is 18.3 Å². The van der Waals surface area contributed by atoms with Crippen molar-refractivity contribution in [3.05, 3.63) is 29.6 Å². The lowest BCUT2D eigenvalue weighted by Crippen LogP contribution is -2.47. The molecule has 1 aliphatic rings. The number of amides is 1. The quantitative estimate of drug-likeness (QED) is 0.662. The van der Waals surface area contributed by atoms with Gasteiger partial charge in [-0.05, 0) is 45.8 Å². The van der Waals surface area contributed by atoms with Crippen molar-refractivity contribution in [2.45, 2.75) is 26.7 Å². The van der Waals surface area contributed by atoms with Crippen molar-refractivity contribution in [3.8, 4) is 11.7 Å². The summed E-state index contributed by atoms with van der Waals surface area (Å²) in [7, 11) is 1.71. The first-order valence-electron chi connectivity index (χ1n) is 9.58. The molecule has 9 nitrogen and oxygen atoms in total. The summed E-state index contributed by atoms with van der Waals surface area (Å²) in [6.07, 6.45) is 3.51. The summed E-state index contributed by atoms with van der Waals surface area (Å²) in [5.41, 5.74) is 1.21. The van der Waals surface area contributed by atoms with Crippen LogP contribution in [0.2, 0.25) is 0 Å². The molecule has 1 saturated heterocycles. The number of ether oxygens (including phenoxy) is 2. The van der Waals surface area contributed by atoms with Crippen molar-refractivity contribution < 1.29 is 14.3 Å². The Morgan fingerprint density at radius 1 is 1.31 bits per heavy atom. The van der Waals surface area contributed by atoms with Crippen LogP contribution in [0.3, 0.4) is 0 Å². The van der Waals surface area contributed by atoms with Gasteiger partial charge in [-0.3, -0.25) is 4.79 Å². The lowest BCUT2D eigenvalue weighted by molar-refractivity contribution is 0.0511. The molecule has 160 valence electrons. The largest absolute Gasteiger partial charge is 0.477 e. The molecule has 0 saturated carbocycles. The van der Waals surface area contributed by atoms with Crippen LogP contribution in [-0.4, -0.2) is 65.8 Å². The third kappa shape index (κ3) is 5.43. The Bertz CT molecular complexity index is 784. The van der Waals surface area contributed by atoms with Gasteiger partial charge in [-0.25, -0.2) is 4.68 Å². The monoisotopic (exact) mass is 424 g/mol. The maximum Gasteiger partial charge on any atom is 0.254 e. The van der Waals surface area contributed by atoms with Gasteiger partial charge in [0, 0.05) is 25.1 Å². The van der Waals surface area contributed by atoms with Gasteiger partial charge < -0.3 is 20.1 Å². The summed E-state index contributed by atoms with van der Waals surface area (Å²) in [6, 6.07) is 3.50. The van der Waals surface area contributed by atoms with Gasteiger partial charge in [-0.1, -0.05) is 0 Å². The van der Waals surface area contributed by atoms with E-state index in [0.717, 1.165) is 25.9 Å². The SMILES string of the molecule is CCOc1ccc(-n2ncc(C(=O)NCC3(COC)CCNCC3)c2C)nn1.Cl. The molecule has 1 fully saturated rings. The van der Waals surface area contributed by atoms with E-state index in [0.29, 0.717) is 42.7 Å². The van der Waals surface area contributed by atoms with Crippen LogP contribution >= 0.6 is 12.4 Å². The second kappa shape index (κ2) is 10.5. The van der Waals surface area contributed by atoms with Gasteiger partial charge >= 0.3 is 0 Å². The molecule has 0 bridgehead atoms. The Balaban J connectivity index is 0.00000300. The average molecular weight is 425 g/mol. The first-order chi connectivity index (χ1) is 13.6. The van der Waals surface area contributed by atoms with Crippen LogP contribution in [0.5, 0.6) is 5.88 Å². The molecule has 1 aliphatic heterocycles. The van der Waals surface area contributed by atoms with Gasteiger partial charge in [0.25, 0.3) is 5.91 Å². The molecular weight excluding hydrogens is 396 g/mol. The first-order valence-corrected chi connectivity index (χ1v) is 9.58. The molecule has 10 heteroatoms. The lowest BCUT2D eigenvalue weighted by atomic mass is 9.79. The summed E-state index contributed by atoms with van der Waals surface area (Å²) in [6.45, 7) is 7.34. The number of nitrogens with one attached hydrogen (secondary N) is 2. The number of aromatic nitrogens is 4. The molecule has 2 aromatic rings. The Kier molecular flexibility index (Phi) is 8.36. The van der Waals surface area contributed by atoms with E-state index in [2.05, 4.69) is 25.9 Å². The van der Waals surface area contributed by atoms with Crippen LogP contribution in [-0.2, 0) is 4.74 Å². The van der Waals surface area contributed by atoms with Crippen LogP contribution in [0, 0.1) is 12.3 Å². The molecule has 2 N–H and O–H groups in total. The van der Waals surface area contributed by atoms with Gasteiger partial charge in [0.1, 0.15) is 0 Å². The van der Waals surface area contributed by atoms with E-state index in [4.69, 9.17) is 9.47 Å². The maximum absolute atomic E-state index is 12.8. The zero-order chi connectivity index (χ0) is 20.0. The highest BCUT2D eigenvalue weighted by Gasteiger charge is 2.33. The standard InChI is InChI=1S/C19H28N6O3.ClH/c1-4-28-17-6-5-16(23-24-17)25-14(2)15(11-22-25)18(26)21-12-19(13-27-3)7-9-20-10-8-19;/h5-6,11,20H,4,7-10,12-13H2,1-3H3,(H,21,26);1H. The highest BCUT2D eigenvalue weighted by molar-refractivity contribution is 5.95. The highest BCUT2D eigenvalue weighted by Crippen LogP contribution is 2.28. The summed E-state index contributed by atoms with van der Waals surface area (Å²) >= 11 is 0. The van der Waals surface area contributed by atoms with Gasteiger partial charge in [0.15, 0.2) is 5.82 Å². The van der Waals surface area contributed by atoms with E-state index < -0.39 is 0 Å². The zero-order valence-electron chi connectivity index (χ0n) is 17.1. The van der Waals surface area contributed by atoms with Gasteiger partial charge in [0.05, 0.1) is 30.7 Å². The minimum Gasteiger partial charge on any atom is -0.477 e. The van der Waals surface area contributed by atoms with Crippen LogP contribution in [0.4, 0.5) is 0 Å². The van der Waals surface area contributed by atoms with E-state index in [9.17, 15) is 4.79 Å². The molecule has 3 rings (SSSR count). The van der Waals surface area contributed by atoms with Crippen LogP contribution in [0.15, 0.2) is 18.3 Å². The number of hydrogen-bond donors (Lipinski definition) is 2. The fraction of sp³-hybridized carbons (Fsp3) is 0.579. The topological polar surface area (TPSA) is 103 Å². The summed E-state index contributed by atoms with van der Waals surface area (Å²) in [5, 5.41) is 18.9. The number of carbonyl (C=O) groups excluding carboxylic acids is 1. The minimum atomic E-state index is -0.142. The van der Waals surface area contributed by atoms with E-state index in [1.54, 1.807) is 30.1 Å². The van der Waals surface area contributed by atoms with E-state index in [-0.39, 0.29) is 23.7 Å². The molecule has 0 radical (unpaired) electrons. The molecule has 1 amide bonds. The zero-order valence-corrected chi connectivity index (χ0v) is 17.9. The molecule has 3 heterocycles. The van der Waals surface area contributed by atoms with Crippen molar-refractivity contribution in [1.82, 2.24) is 30.6 Å². The van der Waals surface area contributed by atoms with Gasteiger partial charge in [0.2, 0.25) is 5.88 Å². The van der Waals surface area contributed by atoms with Crippen LogP contribution in [0.25, 0.3) is 5.82 Å². The normalized spacial score (nSPS) is 15.4. The van der Waals surface area contributed by atoms with Crippen molar-refractivity contribution in [1.29, 1.82) is 0 Å². The molecule has 0 spiro atoms. The maximum atomic E-state index is 12.8. The summed E-state index contributed by atoms with van der Waals surface area (Å²) in [4.78, 5) is 12.8. The molecule has 0 aliphatic carbocycles. The molecule has 2 aromatic heterocycles. The second-order valence-corrected chi connectivity index (χ2v) is 7.08. The smallest absolute Gasteiger partial charge is 0.254 e. The Labute approximate surface area is 177 Å². The Morgan fingerprint density at radius 3 is 2.69 bits per heavy atom. The van der Waals surface area contributed by atoms with E-state index in [1.807, 2.05) is 13.8 Å². The summed E-state index contributed by atoms with van der Waals surface area (Å²) in [5.74, 6) is 0.852. The molecule has 29 heavy (non-hydrogen) atoms. The number of rotatable bonds is 8. The number of methoxy groups -OCH3 is 1. The third-order valence-electron chi connectivity index (χ3n) is 5.13. The number of hydrogen-bond acceptors (Lipinski definition) is 7.